The molecule has 0 N–H and O–H groups in total. The predicted octanol–water partition coefficient (Wildman–Crippen LogP) is 3.07. The van der Waals surface area contributed by atoms with Crippen molar-refractivity contribution in [3.8, 4) is 0 Å². The van der Waals surface area contributed by atoms with E-state index in [1.54, 1.807) is 24.3 Å². The first kappa shape index (κ1) is 15.5. The normalized spacial score (nSPS) is 22.7. The second-order valence-corrected chi connectivity index (χ2v) is 6.36. The lowest BCUT2D eigenvalue weighted by molar-refractivity contribution is -0.150. The molecule has 0 radical (unpaired) electrons. The maximum atomic E-state index is 12.0. The van der Waals surface area contributed by atoms with Gasteiger partial charge < -0.3 is 9.47 Å². The minimum Gasteiger partial charge on any atom is -0.463 e. The molecular formula is C17H22O4. The van der Waals surface area contributed by atoms with Crippen LogP contribution >= 0.6 is 0 Å². The standard InChI is InChI=1S/C17H22O4/c1-11(2)21-16(19)14-13(17(14,3)4)10-20-15(18)12-8-6-5-7-9-12/h5-9,11,13-14H,10H2,1-4H3. The Hall–Kier alpha value is -1.84. The molecule has 2 unspecified atom stereocenters. The minimum atomic E-state index is -0.353. The number of carbonyl (C=O) groups is 2. The first-order valence-electron chi connectivity index (χ1n) is 7.26. The van der Waals surface area contributed by atoms with Crippen molar-refractivity contribution in [2.24, 2.45) is 17.3 Å². The Morgan fingerprint density at radius 3 is 2.38 bits per heavy atom. The first-order valence-corrected chi connectivity index (χ1v) is 7.26. The van der Waals surface area contributed by atoms with Crippen LogP contribution in [-0.2, 0) is 14.3 Å². The number of hydrogen-bond acceptors (Lipinski definition) is 4. The van der Waals surface area contributed by atoms with Crippen LogP contribution in [0.2, 0.25) is 0 Å². The van der Waals surface area contributed by atoms with Crippen LogP contribution < -0.4 is 0 Å². The molecule has 0 spiro atoms. The largest absolute Gasteiger partial charge is 0.463 e. The SMILES string of the molecule is CC(C)OC(=O)C1C(COC(=O)c2ccccc2)C1(C)C. The zero-order valence-corrected chi connectivity index (χ0v) is 13.0. The summed E-state index contributed by atoms with van der Waals surface area (Å²) in [5, 5.41) is 0. The highest BCUT2D eigenvalue weighted by Crippen LogP contribution is 2.58. The Morgan fingerprint density at radius 2 is 1.81 bits per heavy atom. The molecule has 0 amide bonds. The molecule has 0 aliphatic heterocycles. The van der Waals surface area contributed by atoms with E-state index in [0.717, 1.165) is 0 Å². The monoisotopic (exact) mass is 290 g/mol. The van der Waals surface area contributed by atoms with E-state index in [1.807, 2.05) is 33.8 Å². The maximum Gasteiger partial charge on any atom is 0.338 e. The van der Waals surface area contributed by atoms with Crippen LogP contribution in [0.1, 0.15) is 38.1 Å². The van der Waals surface area contributed by atoms with Crippen LogP contribution in [0, 0.1) is 17.3 Å². The van der Waals surface area contributed by atoms with Crippen LogP contribution in [0.5, 0.6) is 0 Å². The van der Waals surface area contributed by atoms with Gasteiger partial charge in [0.05, 0.1) is 24.2 Å². The third-order valence-corrected chi connectivity index (χ3v) is 4.06. The van der Waals surface area contributed by atoms with E-state index < -0.39 is 0 Å². The van der Waals surface area contributed by atoms with Crippen molar-refractivity contribution in [3.05, 3.63) is 35.9 Å². The molecule has 1 aromatic rings. The molecule has 2 rings (SSSR count). The van der Waals surface area contributed by atoms with Gasteiger partial charge in [0.2, 0.25) is 0 Å². The summed E-state index contributed by atoms with van der Waals surface area (Å²) in [6.45, 7) is 7.91. The summed E-state index contributed by atoms with van der Waals surface area (Å²) in [5.74, 6) is -0.718. The van der Waals surface area contributed by atoms with E-state index in [1.165, 1.54) is 0 Å². The Kier molecular flexibility index (Phi) is 4.35. The Morgan fingerprint density at radius 1 is 1.19 bits per heavy atom. The van der Waals surface area contributed by atoms with Crippen LogP contribution in [0.3, 0.4) is 0 Å². The fourth-order valence-electron chi connectivity index (χ4n) is 2.65. The quantitative estimate of drug-likeness (QED) is 0.782. The lowest BCUT2D eigenvalue weighted by atomic mass is 10.1. The van der Waals surface area contributed by atoms with Gasteiger partial charge >= 0.3 is 11.9 Å². The van der Waals surface area contributed by atoms with Gasteiger partial charge in [-0.25, -0.2) is 4.79 Å². The van der Waals surface area contributed by atoms with E-state index in [4.69, 9.17) is 9.47 Å². The fourth-order valence-corrected chi connectivity index (χ4v) is 2.65. The van der Waals surface area contributed by atoms with Crippen molar-refractivity contribution in [2.75, 3.05) is 6.61 Å². The number of hydrogen-bond donors (Lipinski definition) is 0. The molecule has 2 atom stereocenters. The minimum absolute atomic E-state index is 0.0245. The van der Waals surface area contributed by atoms with Crippen LogP contribution in [-0.4, -0.2) is 24.6 Å². The lowest BCUT2D eigenvalue weighted by Crippen LogP contribution is -2.16. The van der Waals surface area contributed by atoms with Gasteiger partial charge in [-0.1, -0.05) is 32.0 Å². The molecule has 1 fully saturated rings. The van der Waals surface area contributed by atoms with Crippen LogP contribution in [0.4, 0.5) is 0 Å². The molecule has 0 bridgehead atoms. The van der Waals surface area contributed by atoms with E-state index in [0.29, 0.717) is 5.56 Å². The Labute approximate surface area is 125 Å². The summed E-state index contributed by atoms with van der Waals surface area (Å²) in [7, 11) is 0. The van der Waals surface area contributed by atoms with Gasteiger partial charge in [0.25, 0.3) is 0 Å². The van der Waals surface area contributed by atoms with Crippen LogP contribution in [0.15, 0.2) is 30.3 Å². The van der Waals surface area contributed by atoms with Gasteiger partial charge in [-0.2, -0.15) is 0 Å². The molecule has 1 aromatic carbocycles. The third kappa shape index (κ3) is 3.43. The number of esters is 2. The first-order chi connectivity index (χ1) is 9.84. The molecule has 4 nitrogen and oxygen atoms in total. The van der Waals surface area contributed by atoms with E-state index in [2.05, 4.69) is 0 Å². The molecule has 1 aliphatic carbocycles. The average Bonchev–Trinajstić information content (AvgIpc) is 2.98. The molecule has 21 heavy (non-hydrogen) atoms. The second-order valence-electron chi connectivity index (χ2n) is 6.36. The van der Waals surface area contributed by atoms with E-state index >= 15 is 0 Å². The summed E-state index contributed by atoms with van der Waals surface area (Å²) in [6.07, 6.45) is -0.124. The van der Waals surface area contributed by atoms with Gasteiger partial charge in [0.15, 0.2) is 0 Å². The fraction of sp³-hybridized carbons (Fsp3) is 0.529. The molecule has 0 saturated heterocycles. The highest BCUT2D eigenvalue weighted by atomic mass is 16.5. The highest BCUT2D eigenvalue weighted by Gasteiger charge is 2.63. The predicted molar refractivity (Wildman–Crippen MR) is 78.7 cm³/mol. The van der Waals surface area contributed by atoms with Crippen LogP contribution in [0.25, 0.3) is 0 Å². The average molecular weight is 290 g/mol. The Balaban J connectivity index is 1.89. The number of ether oxygens (including phenoxy) is 2. The molecule has 1 aliphatic rings. The number of benzene rings is 1. The van der Waals surface area contributed by atoms with E-state index in [-0.39, 0.29) is 41.9 Å². The van der Waals surface area contributed by atoms with Gasteiger partial charge in [-0.05, 0) is 31.4 Å². The number of carbonyl (C=O) groups excluding carboxylic acids is 2. The third-order valence-electron chi connectivity index (χ3n) is 4.06. The van der Waals surface area contributed by atoms with Crippen molar-refractivity contribution < 1.29 is 19.1 Å². The van der Waals surface area contributed by atoms with Gasteiger partial charge in [-0.3, -0.25) is 4.79 Å². The van der Waals surface area contributed by atoms with Crippen molar-refractivity contribution in [2.45, 2.75) is 33.8 Å². The summed E-state index contributed by atoms with van der Waals surface area (Å²) in [6, 6.07) is 8.86. The highest BCUT2D eigenvalue weighted by molar-refractivity contribution is 5.89. The zero-order valence-electron chi connectivity index (χ0n) is 13.0. The summed E-state index contributed by atoms with van der Waals surface area (Å²) < 4.78 is 10.6. The number of rotatable bonds is 5. The zero-order chi connectivity index (χ0) is 15.6. The molecule has 1 saturated carbocycles. The summed E-state index contributed by atoms with van der Waals surface area (Å²) >= 11 is 0. The molecule has 0 heterocycles. The molecule has 4 heteroatoms. The summed E-state index contributed by atoms with van der Waals surface area (Å²) in [4.78, 5) is 23.9. The van der Waals surface area contributed by atoms with Crippen molar-refractivity contribution in [3.63, 3.8) is 0 Å². The van der Waals surface area contributed by atoms with Crippen molar-refractivity contribution in [1.82, 2.24) is 0 Å². The smallest absolute Gasteiger partial charge is 0.338 e. The summed E-state index contributed by atoms with van der Waals surface area (Å²) in [5.41, 5.74) is 0.348. The lowest BCUT2D eigenvalue weighted by Gasteiger charge is -2.08. The van der Waals surface area contributed by atoms with Crippen molar-refractivity contribution in [1.29, 1.82) is 0 Å². The van der Waals surface area contributed by atoms with E-state index in [9.17, 15) is 9.59 Å². The molecular weight excluding hydrogens is 268 g/mol. The molecule has 0 aromatic heterocycles. The van der Waals surface area contributed by atoms with Gasteiger partial charge in [0.1, 0.15) is 0 Å². The topological polar surface area (TPSA) is 52.6 Å². The molecule has 114 valence electrons. The maximum absolute atomic E-state index is 12.0. The second kappa shape index (κ2) is 5.88. The van der Waals surface area contributed by atoms with Gasteiger partial charge in [0, 0.05) is 5.92 Å². The van der Waals surface area contributed by atoms with Gasteiger partial charge in [-0.15, -0.1) is 0 Å². The van der Waals surface area contributed by atoms with Crippen molar-refractivity contribution >= 4 is 11.9 Å². The Bertz CT molecular complexity index is 519.